The van der Waals surface area contributed by atoms with Crippen molar-refractivity contribution >= 4 is 29.5 Å². The number of benzene rings is 2. The van der Waals surface area contributed by atoms with Gasteiger partial charge >= 0.3 is 0 Å². The van der Waals surface area contributed by atoms with Crippen molar-refractivity contribution in [2.24, 2.45) is 11.8 Å². The number of hydrogen-bond acceptors (Lipinski definition) is 7. The van der Waals surface area contributed by atoms with Crippen LogP contribution in [0, 0.1) is 18.8 Å². The Morgan fingerprint density at radius 3 is 2.08 bits per heavy atom. The van der Waals surface area contributed by atoms with Gasteiger partial charge in [-0.05, 0) is 74.1 Å². The molecule has 12 heteroatoms. The number of nitrogens with zero attached hydrogens (tertiary/aromatic N) is 1. The average Bonchev–Trinajstić information content (AvgIpc) is 3.52. The molecule has 50 heavy (non-hydrogen) atoms. The van der Waals surface area contributed by atoms with Crippen LogP contribution in [0.1, 0.15) is 62.7 Å². The number of hydrogen-bond donors (Lipinski definition) is 4. The van der Waals surface area contributed by atoms with E-state index in [4.69, 9.17) is 9.15 Å². The number of rotatable bonds is 8. The molecule has 12 nitrogen and oxygen atoms in total. The molecular formula is C38H49N5O7. The van der Waals surface area contributed by atoms with E-state index in [-0.39, 0.29) is 31.3 Å². The fourth-order valence-corrected chi connectivity index (χ4v) is 5.71. The molecule has 268 valence electrons. The number of ether oxygens (including phenoxy) is 1. The van der Waals surface area contributed by atoms with Crippen LogP contribution in [0.15, 0.2) is 65.1 Å². The van der Waals surface area contributed by atoms with E-state index in [1.54, 1.807) is 62.6 Å². The first kappa shape index (κ1) is 37.7. The fraction of sp³-hybridized carbons (Fsp3) is 0.447. The van der Waals surface area contributed by atoms with Gasteiger partial charge in [0.05, 0.1) is 13.7 Å². The summed E-state index contributed by atoms with van der Waals surface area (Å²) >= 11 is 0. The molecule has 0 spiro atoms. The smallest absolute Gasteiger partial charge is 0.254 e. The lowest BCUT2D eigenvalue weighted by molar-refractivity contribution is -0.133. The lowest BCUT2D eigenvalue weighted by Crippen LogP contribution is -2.57. The third-order valence-corrected chi connectivity index (χ3v) is 8.67. The lowest BCUT2D eigenvalue weighted by atomic mass is 10.0. The number of carbonyl (C=O) groups is 5. The number of aryl methyl sites for hydroxylation is 1. The van der Waals surface area contributed by atoms with Gasteiger partial charge in [-0.15, -0.1) is 0 Å². The molecule has 3 aromatic rings. The summed E-state index contributed by atoms with van der Waals surface area (Å²) in [5.74, 6) is -0.575. The second-order valence-corrected chi connectivity index (χ2v) is 13.6. The van der Waals surface area contributed by atoms with Gasteiger partial charge in [-0.2, -0.15) is 0 Å². The largest absolute Gasteiger partial charge is 0.497 e. The van der Waals surface area contributed by atoms with Crippen LogP contribution in [0.3, 0.4) is 0 Å². The predicted octanol–water partition coefficient (Wildman–Crippen LogP) is 3.62. The van der Waals surface area contributed by atoms with Crippen LogP contribution in [0.4, 0.5) is 0 Å². The van der Waals surface area contributed by atoms with Gasteiger partial charge in [0.1, 0.15) is 35.4 Å². The van der Waals surface area contributed by atoms with E-state index in [9.17, 15) is 24.0 Å². The molecule has 4 N–H and O–H groups in total. The van der Waals surface area contributed by atoms with Crippen molar-refractivity contribution in [1.82, 2.24) is 26.2 Å². The molecule has 2 aromatic carbocycles. The first-order valence-electron chi connectivity index (χ1n) is 17.0. The van der Waals surface area contributed by atoms with E-state index >= 15 is 0 Å². The first-order valence-corrected chi connectivity index (χ1v) is 17.0. The Balaban J connectivity index is 1.65. The topological polar surface area (TPSA) is 159 Å². The highest BCUT2D eigenvalue weighted by atomic mass is 16.5. The second kappa shape index (κ2) is 17.0. The van der Waals surface area contributed by atoms with E-state index in [1.165, 1.54) is 4.90 Å². The van der Waals surface area contributed by atoms with Gasteiger partial charge in [0.25, 0.3) is 5.91 Å². The summed E-state index contributed by atoms with van der Waals surface area (Å²) in [7, 11) is 1.55. The van der Waals surface area contributed by atoms with Crippen molar-refractivity contribution in [3.05, 3.63) is 77.6 Å². The summed E-state index contributed by atoms with van der Waals surface area (Å²) in [6.07, 6.45) is 0.425. The zero-order valence-electron chi connectivity index (χ0n) is 29.9. The Bertz CT molecular complexity index is 1650. The van der Waals surface area contributed by atoms with E-state index in [2.05, 4.69) is 21.3 Å². The summed E-state index contributed by atoms with van der Waals surface area (Å²) < 4.78 is 11.0. The van der Waals surface area contributed by atoms with Crippen molar-refractivity contribution in [1.29, 1.82) is 0 Å². The van der Waals surface area contributed by atoms with Gasteiger partial charge in [0.15, 0.2) is 0 Å². The minimum absolute atomic E-state index is 0.0105. The highest BCUT2D eigenvalue weighted by Gasteiger charge is 2.32. The minimum atomic E-state index is -1.05. The molecule has 1 saturated heterocycles. The molecule has 0 radical (unpaired) electrons. The quantitative estimate of drug-likeness (QED) is 0.282. The monoisotopic (exact) mass is 687 g/mol. The maximum atomic E-state index is 14.0. The van der Waals surface area contributed by atoms with E-state index < -0.39 is 53.7 Å². The van der Waals surface area contributed by atoms with Crippen molar-refractivity contribution in [3.63, 3.8) is 0 Å². The van der Waals surface area contributed by atoms with Crippen LogP contribution in [-0.2, 0) is 25.6 Å². The van der Waals surface area contributed by atoms with Crippen LogP contribution in [0.5, 0.6) is 5.75 Å². The van der Waals surface area contributed by atoms with Crippen molar-refractivity contribution < 1.29 is 33.1 Å². The van der Waals surface area contributed by atoms with Crippen molar-refractivity contribution in [3.8, 4) is 17.1 Å². The van der Waals surface area contributed by atoms with Crippen LogP contribution in [0.25, 0.3) is 11.3 Å². The molecule has 0 saturated carbocycles. The molecule has 1 fully saturated rings. The summed E-state index contributed by atoms with van der Waals surface area (Å²) in [6, 6.07) is 14.1. The van der Waals surface area contributed by atoms with Gasteiger partial charge in [-0.25, -0.2) is 0 Å². The molecule has 1 aliphatic heterocycles. The Labute approximate surface area is 293 Å². The Morgan fingerprint density at radius 2 is 1.50 bits per heavy atom. The Morgan fingerprint density at radius 1 is 0.840 bits per heavy atom. The second-order valence-electron chi connectivity index (χ2n) is 13.6. The van der Waals surface area contributed by atoms with Gasteiger partial charge in [-0.3, -0.25) is 24.0 Å². The third kappa shape index (κ3) is 10.2. The van der Waals surface area contributed by atoms with Crippen molar-refractivity contribution in [2.75, 3.05) is 20.2 Å². The standard InChI is InChI=1S/C38H49N5O7/c1-22(2)18-30-37(47)41-31(19-26-9-15-29(49-7)16-10-26)36(46)39-25(6)35(45)42-32(23(3)4)20-43(21-34(44)40-30)38(48)28-13-11-27(12-14-28)33-17-8-24(5)50-33/h8-17,22-23,25,30-32H,18-21H2,1-7H3,(H,39,46)(H,40,44)(H,41,47)(H,42,45)/t25-,30+,31+,32-/m1/s1. The summed E-state index contributed by atoms with van der Waals surface area (Å²) in [5, 5.41) is 11.4. The molecule has 0 aliphatic carbocycles. The molecule has 4 atom stereocenters. The van der Waals surface area contributed by atoms with Gasteiger partial charge in [-0.1, -0.05) is 52.0 Å². The molecule has 0 bridgehead atoms. The van der Waals surface area contributed by atoms with Crippen molar-refractivity contribution in [2.45, 2.75) is 78.6 Å². The summed E-state index contributed by atoms with van der Waals surface area (Å²) in [5.41, 5.74) is 1.89. The van der Waals surface area contributed by atoms with Crippen LogP contribution >= 0.6 is 0 Å². The number of nitrogens with one attached hydrogen (secondary N) is 4. The van der Waals surface area contributed by atoms with Gasteiger partial charge in [0.2, 0.25) is 23.6 Å². The van der Waals surface area contributed by atoms with E-state index in [0.717, 1.165) is 16.9 Å². The number of amides is 5. The highest BCUT2D eigenvalue weighted by molar-refractivity contribution is 5.98. The van der Waals surface area contributed by atoms with Crippen LogP contribution < -0.4 is 26.0 Å². The minimum Gasteiger partial charge on any atom is -0.497 e. The normalized spacial score (nSPS) is 21.1. The van der Waals surface area contributed by atoms with E-state index in [1.807, 2.05) is 46.8 Å². The van der Waals surface area contributed by atoms with Crippen LogP contribution in [-0.4, -0.2) is 78.8 Å². The van der Waals surface area contributed by atoms with Gasteiger partial charge < -0.3 is 35.3 Å². The predicted molar refractivity (Wildman–Crippen MR) is 189 cm³/mol. The maximum absolute atomic E-state index is 14.0. The number of methoxy groups -OCH3 is 1. The number of furan rings is 1. The SMILES string of the molecule is COc1ccc(C[C@@H]2NC(=O)[C@H](CC(C)C)NC(=O)CN(C(=O)c3ccc(-c4ccc(C)o4)cc3)C[C@H](C(C)C)NC(=O)[C@@H](C)NC2=O)cc1. The molecule has 1 aliphatic rings. The van der Waals surface area contributed by atoms with Gasteiger partial charge in [0, 0.05) is 30.1 Å². The molecular weight excluding hydrogens is 638 g/mol. The molecule has 4 rings (SSSR count). The lowest BCUT2D eigenvalue weighted by Gasteiger charge is -2.31. The fourth-order valence-electron chi connectivity index (χ4n) is 5.71. The average molecular weight is 688 g/mol. The molecule has 1 aromatic heterocycles. The zero-order valence-corrected chi connectivity index (χ0v) is 29.9. The zero-order chi connectivity index (χ0) is 36.5. The molecule has 2 heterocycles. The van der Waals surface area contributed by atoms with Crippen LogP contribution in [0.2, 0.25) is 0 Å². The molecule has 0 unspecified atom stereocenters. The third-order valence-electron chi connectivity index (χ3n) is 8.67. The Hall–Kier alpha value is -5.13. The summed E-state index contributed by atoms with van der Waals surface area (Å²) in [6.45, 7) is 10.7. The highest BCUT2D eigenvalue weighted by Crippen LogP contribution is 2.23. The van der Waals surface area contributed by atoms with E-state index in [0.29, 0.717) is 23.5 Å². The maximum Gasteiger partial charge on any atom is 0.254 e. The molecule has 5 amide bonds. The first-order chi connectivity index (χ1) is 23.7. The summed E-state index contributed by atoms with van der Waals surface area (Å²) in [4.78, 5) is 69.9. The number of carbonyl (C=O) groups excluding carboxylic acids is 5. The Kier molecular flexibility index (Phi) is 12.8.